The number of rotatable bonds is 3. The minimum absolute atomic E-state index is 0.214. The SMILES string of the molecule is CCCC1CC(=O)N1c1cccc2cccnc12. The Balaban J connectivity index is 2.06. The first-order valence-electron chi connectivity index (χ1n) is 6.47. The zero-order valence-electron chi connectivity index (χ0n) is 10.5. The highest BCUT2D eigenvalue weighted by Crippen LogP contribution is 2.34. The van der Waals surface area contributed by atoms with Crippen molar-refractivity contribution in [1.29, 1.82) is 0 Å². The third-order valence-electron chi connectivity index (χ3n) is 3.54. The summed E-state index contributed by atoms with van der Waals surface area (Å²) in [6, 6.07) is 10.3. The monoisotopic (exact) mass is 240 g/mol. The smallest absolute Gasteiger partial charge is 0.229 e. The lowest BCUT2D eigenvalue weighted by atomic mass is 9.95. The summed E-state index contributed by atoms with van der Waals surface area (Å²) in [5, 5.41) is 1.09. The van der Waals surface area contributed by atoms with Gasteiger partial charge in [-0.25, -0.2) is 0 Å². The number of nitrogens with zero attached hydrogens (tertiary/aromatic N) is 2. The minimum Gasteiger partial charge on any atom is -0.307 e. The second-order valence-electron chi connectivity index (χ2n) is 4.76. The number of carbonyl (C=O) groups excluding carboxylic acids is 1. The summed E-state index contributed by atoms with van der Waals surface area (Å²) in [4.78, 5) is 18.2. The maximum atomic E-state index is 11.9. The number of hydrogen-bond donors (Lipinski definition) is 0. The van der Waals surface area contributed by atoms with E-state index in [4.69, 9.17) is 0 Å². The van der Waals surface area contributed by atoms with Gasteiger partial charge in [-0.2, -0.15) is 0 Å². The molecule has 1 fully saturated rings. The molecule has 18 heavy (non-hydrogen) atoms. The molecule has 1 aliphatic rings. The van der Waals surface area contributed by atoms with Crippen LogP contribution in [0.3, 0.4) is 0 Å². The van der Waals surface area contributed by atoms with Crippen molar-refractivity contribution in [2.75, 3.05) is 4.90 Å². The molecule has 0 N–H and O–H groups in total. The number of fused-ring (bicyclic) bond motifs is 1. The number of benzene rings is 1. The van der Waals surface area contributed by atoms with Gasteiger partial charge >= 0.3 is 0 Å². The molecule has 1 aromatic carbocycles. The van der Waals surface area contributed by atoms with Crippen molar-refractivity contribution < 1.29 is 4.79 Å². The maximum Gasteiger partial charge on any atom is 0.229 e. The van der Waals surface area contributed by atoms with Crippen molar-refractivity contribution >= 4 is 22.5 Å². The average Bonchev–Trinajstić information content (AvgIpc) is 2.39. The molecule has 1 aliphatic heterocycles. The Labute approximate surface area is 106 Å². The van der Waals surface area contributed by atoms with Crippen molar-refractivity contribution in [3.63, 3.8) is 0 Å². The van der Waals surface area contributed by atoms with Crippen molar-refractivity contribution in [2.45, 2.75) is 32.2 Å². The van der Waals surface area contributed by atoms with Crippen LogP contribution in [0.2, 0.25) is 0 Å². The van der Waals surface area contributed by atoms with E-state index < -0.39 is 0 Å². The number of aromatic nitrogens is 1. The molecule has 0 aliphatic carbocycles. The van der Waals surface area contributed by atoms with Crippen molar-refractivity contribution in [3.05, 3.63) is 36.5 Å². The van der Waals surface area contributed by atoms with Crippen molar-refractivity contribution in [2.24, 2.45) is 0 Å². The number of para-hydroxylation sites is 1. The molecule has 92 valence electrons. The van der Waals surface area contributed by atoms with Crippen LogP contribution in [0.25, 0.3) is 10.9 Å². The fraction of sp³-hybridized carbons (Fsp3) is 0.333. The van der Waals surface area contributed by atoms with E-state index in [1.165, 1.54) is 0 Å². The van der Waals surface area contributed by atoms with E-state index >= 15 is 0 Å². The molecule has 2 aromatic rings. The van der Waals surface area contributed by atoms with Gasteiger partial charge in [0.05, 0.1) is 11.2 Å². The van der Waals surface area contributed by atoms with Crippen molar-refractivity contribution in [3.8, 4) is 0 Å². The molecule has 0 saturated carbocycles. The highest BCUT2D eigenvalue weighted by atomic mass is 16.2. The Morgan fingerprint density at radius 3 is 2.94 bits per heavy atom. The normalized spacial score (nSPS) is 19.1. The van der Waals surface area contributed by atoms with Gasteiger partial charge in [0.25, 0.3) is 0 Å². The van der Waals surface area contributed by atoms with E-state index in [1.807, 2.05) is 35.2 Å². The van der Waals surface area contributed by atoms with Gasteiger partial charge in [0, 0.05) is 24.0 Å². The van der Waals surface area contributed by atoms with E-state index in [9.17, 15) is 4.79 Å². The van der Waals surface area contributed by atoms with E-state index in [0.717, 1.165) is 29.4 Å². The van der Waals surface area contributed by atoms with Crippen LogP contribution in [-0.4, -0.2) is 16.9 Å². The van der Waals surface area contributed by atoms with Crippen LogP contribution in [0.1, 0.15) is 26.2 Å². The van der Waals surface area contributed by atoms with Crippen molar-refractivity contribution in [1.82, 2.24) is 4.98 Å². The molecular weight excluding hydrogens is 224 g/mol. The van der Waals surface area contributed by atoms with Gasteiger partial charge in [-0.1, -0.05) is 31.5 Å². The lowest BCUT2D eigenvalue weighted by molar-refractivity contribution is -0.124. The fourth-order valence-electron chi connectivity index (χ4n) is 2.66. The summed E-state index contributed by atoms with van der Waals surface area (Å²) in [7, 11) is 0. The Kier molecular flexibility index (Phi) is 2.74. The Morgan fingerprint density at radius 2 is 2.17 bits per heavy atom. The Morgan fingerprint density at radius 1 is 1.33 bits per heavy atom. The lowest BCUT2D eigenvalue weighted by Gasteiger charge is -2.40. The van der Waals surface area contributed by atoms with Gasteiger partial charge in [-0.15, -0.1) is 0 Å². The lowest BCUT2D eigenvalue weighted by Crippen LogP contribution is -2.52. The summed E-state index contributed by atoms with van der Waals surface area (Å²) < 4.78 is 0. The Hall–Kier alpha value is -1.90. The molecule has 0 radical (unpaired) electrons. The number of hydrogen-bond acceptors (Lipinski definition) is 2. The van der Waals surface area contributed by atoms with Crippen LogP contribution in [0.5, 0.6) is 0 Å². The quantitative estimate of drug-likeness (QED) is 0.772. The number of carbonyl (C=O) groups is 1. The third-order valence-corrected chi connectivity index (χ3v) is 3.54. The standard InChI is InChI=1S/C15H16N2O/c1-2-5-12-10-14(18)17(12)13-8-3-6-11-7-4-9-16-15(11)13/h3-4,6-9,12H,2,5,10H2,1H3. The minimum atomic E-state index is 0.214. The largest absolute Gasteiger partial charge is 0.307 e. The summed E-state index contributed by atoms with van der Waals surface area (Å²) in [6.07, 6.45) is 4.63. The molecule has 1 amide bonds. The Bertz CT molecular complexity index is 589. The van der Waals surface area contributed by atoms with Gasteiger partial charge in [0.2, 0.25) is 5.91 Å². The van der Waals surface area contributed by atoms with Crippen LogP contribution in [0, 0.1) is 0 Å². The third kappa shape index (κ3) is 1.67. The predicted octanol–water partition coefficient (Wildman–Crippen LogP) is 3.14. The number of β-lactam (4-membered cyclic amide) rings is 1. The number of amides is 1. The summed E-state index contributed by atoms with van der Waals surface area (Å²) in [6.45, 7) is 2.16. The summed E-state index contributed by atoms with van der Waals surface area (Å²) in [5.41, 5.74) is 1.89. The van der Waals surface area contributed by atoms with E-state index in [0.29, 0.717) is 12.5 Å². The van der Waals surface area contributed by atoms with E-state index in [-0.39, 0.29) is 5.91 Å². The predicted molar refractivity (Wildman–Crippen MR) is 72.5 cm³/mol. The molecule has 1 aromatic heterocycles. The first-order chi connectivity index (χ1) is 8.81. The molecule has 3 heteroatoms. The maximum absolute atomic E-state index is 11.9. The van der Waals surface area contributed by atoms with Gasteiger partial charge in [-0.05, 0) is 18.6 Å². The van der Waals surface area contributed by atoms with Crippen LogP contribution >= 0.6 is 0 Å². The van der Waals surface area contributed by atoms with Crippen LogP contribution in [0.15, 0.2) is 36.5 Å². The molecule has 3 nitrogen and oxygen atoms in total. The number of pyridine rings is 1. The molecular formula is C15H16N2O. The second kappa shape index (κ2) is 4.41. The summed E-state index contributed by atoms with van der Waals surface area (Å²) in [5.74, 6) is 0.214. The van der Waals surface area contributed by atoms with Crippen LogP contribution in [-0.2, 0) is 4.79 Å². The van der Waals surface area contributed by atoms with E-state index in [2.05, 4.69) is 11.9 Å². The zero-order chi connectivity index (χ0) is 12.5. The average molecular weight is 240 g/mol. The zero-order valence-corrected chi connectivity index (χ0v) is 10.5. The van der Waals surface area contributed by atoms with E-state index in [1.54, 1.807) is 6.20 Å². The first-order valence-corrected chi connectivity index (χ1v) is 6.47. The molecule has 1 atom stereocenters. The van der Waals surface area contributed by atoms with Gasteiger partial charge in [-0.3, -0.25) is 9.78 Å². The van der Waals surface area contributed by atoms with Crippen LogP contribution < -0.4 is 4.90 Å². The molecule has 0 bridgehead atoms. The highest BCUT2D eigenvalue weighted by Gasteiger charge is 2.37. The van der Waals surface area contributed by atoms with Gasteiger partial charge < -0.3 is 4.90 Å². The number of anilines is 1. The topological polar surface area (TPSA) is 33.2 Å². The molecule has 1 unspecified atom stereocenters. The second-order valence-corrected chi connectivity index (χ2v) is 4.76. The summed E-state index contributed by atoms with van der Waals surface area (Å²) >= 11 is 0. The van der Waals surface area contributed by atoms with Gasteiger partial charge in [0.1, 0.15) is 0 Å². The molecule has 3 rings (SSSR count). The van der Waals surface area contributed by atoms with Gasteiger partial charge in [0.15, 0.2) is 0 Å². The molecule has 0 spiro atoms. The molecule has 2 heterocycles. The highest BCUT2D eigenvalue weighted by molar-refractivity contribution is 6.06. The fourth-order valence-corrected chi connectivity index (χ4v) is 2.66. The first kappa shape index (κ1) is 11.2. The van der Waals surface area contributed by atoms with Crippen LogP contribution in [0.4, 0.5) is 5.69 Å². The molecule has 1 saturated heterocycles.